The molecule has 1 N–H and O–H groups in total. The molecule has 0 radical (unpaired) electrons. The number of rotatable bonds is 9. The molecule has 1 aromatic heterocycles. The van der Waals surface area contributed by atoms with E-state index in [9.17, 15) is 9.18 Å². The Bertz CT molecular complexity index is 1150. The van der Waals surface area contributed by atoms with Gasteiger partial charge in [0.1, 0.15) is 12.1 Å². The van der Waals surface area contributed by atoms with Crippen molar-refractivity contribution in [3.63, 3.8) is 0 Å². The lowest BCUT2D eigenvalue weighted by atomic mass is 10.1. The van der Waals surface area contributed by atoms with Crippen LogP contribution in [0.3, 0.4) is 0 Å². The van der Waals surface area contributed by atoms with Gasteiger partial charge in [-0.15, -0.1) is 0 Å². The largest absolute Gasteiger partial charge is 0.454 e. The zero-order valence-corrected chi connectivity index (χ0v) is 18.7. The van der Waals surface area contributed by atoms with Crippen LogP contribution in [0.4, 0.5) is 4.39 Å². The van der Waals surface area contributed by atoms with E-state index in [1.807, 2.05) is 23.1 Å². The van der Waals surface area contributed by atoms with E-state index in [1.165, 1.54) is 12.3 Å². The van der Waals surface area contributed by atoms with E-state index in [0.29, 0.717) is 49.1 Å². The second kappa shape index (κ2) is 10.2. The predicted octanol–water partition coefficient (Wildman–Crippen LogP) is 3.65. The number of nitrogens with one attached hydrogen (secondary N) is 1. The maximum Gasteiger partial charge on any atom is 0.273 e. The molecule has 1 fully saturated rings. The van der Waals surface area contributed by atoms with E-state index >= 15 is 0 Å². The summed E-state index contributed by atoms with van der Waals surface area (Å²) in [6.45, 7) is 2.51. The highest BCUT2D eigenvalue weighted by Crippen LogP contribution is 2.33. The molecule has 178 valence electrons. The molecule has 34 heavy (non-hydrogen) atoms. The molecule has 1 amide bonds. The third-order valence-corrected chi connectivity index (χ3v) is 5.85. The van der Waals surface area contributed by atoms with Gasteiger partial charge in [0.05, 0.1) is 12.6 Å². The lowest BCUT2D eigenvalue weighted by Gasteiger charge is -2.21. The molecule has 2 aliphatic heterocycles. The number of halogens is 1. The summed E-state index contributed by atoms with van der Waals surface area (Å²) in [5.41, 5.74) is 1.74. The third-order valence-electron chi connectivity index (χ3n) is 5.85. The van der Waals surface area contributed by atoms with Gasteiger partial charge in [-0.3, -0.25) is 9.69 Å². The summed E-state index contributed by atoms with van der Waals surface area (Å²) in [5, 5.41) is 2.84. The van der Waals surface area contributed by atoms with Gasteiger partial charge in [-0.2, -0.15) is 0 Å². The first-order valence-electron chi connectivity index (χ1n) is 11.3. The van der Waals surface area contributed by atoms with Crippen molar-refractivity contribution in [2.75, 3.05) is 19.9 Å². The van der Waals surface area contributed by atoms with Crippen molar-refractivity contribution < 1.29 is 27.8 Å². The highest BCUT2D eigenvalue weighted by Gasteiger charge is 2.20. The van der Waals surface area contributed by atoms with Gasteiger partial charge < -0.3 is 23.9 Å². The monoisotopic (exact) mass is 467 g/mol. The Hall–Kier alpha value is -3.43. The topological polar surface area (TPSA) is 86.1 Å². The van der Waals surface area contributed by atoms with Crippen molar-refractivity contribution in [1.29, 1.82) is 0 Å². The van der Waals surface area contributed by atoms with Crippen LogP contribution < -0.4 is 14.8 Å². The summed E-state index contributed by atoms with van der Waals surface area (Å²) in [7, 11) is 0. The molecule has 0 unspecified atom stereocenters. The molecule has 1 saturated heterocycles. The third kappa shape index (κ3) is 5.37. The highest BCUT2D eigenvalue weighted by atomic mass is 19.1. The molecular weight excluding hydrogens is 441 g/mol. The summed E-state index contributed by atoms with van der Waals surface area (Å²) in [5.74, 6) is 1.18. The van der Waals surface area contributed by atoms with E-state index in [4.69, 9.17) is 18.6 Å². The lowest BCUT2D eigenvalue weighted by molar-refractivity contribution is 0.0853. The number of amides is 1. The fourth-order valence-electron chi connectivity index (χ4n) is 4.11. The lowest BCUT2D eigenvalue weighted by Crippen LogP contribution is -2.32. The Kier molecular flexibility index (Phi) is 6.73. The smallest absolute Gasteiger partial charge is 0.273 e. The average molecular weight is 467 g/mol. The molecule has 3 heterocycles. The first-order chi connectivity index (χ1) is 16.6. The molecule has 0 bridgehead atoms. The number of nitrogens with zero attached hydrogens (tertiary/aromatic N) is 2. The number of hydrogen-bond acceptors (Lipinski definition) is 7. The highest BCUT2D eigenvalue weighted by molar-refractivity contribution is 5.91. The van der Waals surface area contributed by atoms with Crippen molar-refractivity contribution in [2.45, 2.75) is 38.6 Å². The van der Waals surface area contributed by atoms with Gasteiger partial charge in [0.25, 0.3) is 5.91 Å². The number of aromatic nitrogens is 1. The van der Waals surface area contributed by atoms with Gasteiger partial charge in [-0.25, -0.2) is 9.37 Å². The Morgan fingerprint density at radius 3 is 2.85 bits per heavy atom. The molecular formula is C25H26FN3O5. The first-order valence-corrected chi connectivity index (χ1v) is 11.3. The number of ether oxygens (including phenoxy) is 3. The Morgan fingerprint density at radius 1 is 1.12 bits per heavy atom. The molecule has 9 heteroatoms. The Balaban J connectivity index is 1.28. The first kappa shape index (κ1) is 22.4. The molecule has 0 saturated carbocycles. The number of carbonyl (C=O) groups is 1. The molecule has 2 aliphatic rings. The van der Waals surface area contributed by atoms with Gasteiger partial charge in [0, 0.05) is 31.8 Å². The Morgan fingerprint density at radius 2 is 2.00 bits per heavy atom. The van der Waals surface area contributed by atoms with Crippen LogP contribution in [0.15, 0.2) is 53.1 Å². The quantitative estimate of drug-likeness (QED) is 0.514. The normalized spacial score (nSPS) is 16.8. The van der Waals surface area contributed by atoms with E-state index in [0.717, 1.165) is 25.0 Å². The minimum Gasteiger partial charge on any atom is -0.454 e. The zero-order chi connectivity index (χ0) is 23.3. The summed E-state index contributed by atoms with van der Waals surface area (Å²) < 4.78 is 36.4. The van der Waals surface area contributed by atoms with Crippen LogP contribution in [0.25, 0.3) is 0 Å². The van der Waals surface area contributed by atoms with Crippen molar-refractivity contribution >= 4 is 5.91 Å². The molecule has 0 spiro atoms. The predicted molar refractivity (Wildman–Crippen MR) is 120 cm³/mol. The zero-order valence-electron chi connectivity index (χ0n) is 18.7. The van der Waals surface area contributed by atoms with Gasteiger partial charge in [-0.1, -0.05) is 24.3 Å². The fraction of sp³-hybridized carbons (Fsp3) is 0.360. The minimum atomic E-state index is -0.304. The number of hydrogen-bond donors (Lipinski definition) is 1. The van der Waals surface area contributed by atoms with Gasteiger partial charge >= 0.3 is 0 Å². The fourth-order valence-corrected chi connectivity index (χ4v) is 4.11. The average Bonchev–Trinajstić information content (AvgIpc) is 3.61. The molecule has 5 rings (SSSR count). The van der Waals surface area contributed by atoms with Crippen molar-refractivity contribution in [2.24, 2.45) is 0 Å². The summed E-state index contributed by atoms with van der Waals surface area (Å²) >= 11 is 0. The van der Waals surface area contributed by atoms with Crippen LogP contribution in [0.2, 0.25) is 0 Å². The molecule has 1 atom stereocenters. The van der Waals surface area contributed by atoms with Crippen LogP contribution in [0.5, 0.6) is 11.5 Å². The van der Waals surface area contributed by atoms with Crippen LogP contribution in [0.1, 0.15) is 40.3 Å². The maximum absolute atomic E-state index is 14.4. The van der Waals surface area contributed by atoms with Crippen LogP contribution in [-0.4, -0.2) is 41.8 Å². The van der Waals surface area contributed by atoms with Crippen molar-refractivity contribution in [3.8, 4) is 11.5 Å². The number of carbonyl (C=O) groups excluding carboxylic acids is 1. The summed E-state index contributed by atoms with van der Waals surface area (Å²) in [6, 6.07) is 12.4. The van der Waals surface area contributed by atoms with Crippen molar-refractivity contribution in [1.82, 2.24) is 15.2 Å². The summed E-state index contributed by atoms with van der Waals surface area (Å²) in [4.78, 5) is 18.8. The molecule has 0 aliphatic carbocycles. The van der Waals surface area contributed by atoms with Crippen LogP contribution in [0, 0.1) is 5.82 Å². The second-order valence-corrected chi connectivity index (χ2v) is 8.40. The van der Waals surface area contributed by atoms with E-state index in [-0.39, 0.29) is 30.3 Å². The van der Waals surface area contributed by atoms with Crippen LogP contribution >= 0.6 is 0 Å². The summed E-state index contributed by atoms with van der Waals surface area (Å²) in [6.07, 6.45) is 3.35. The minimum absolute atomic E-state index is 0.0493. The SMILES string of the molecule is O=C(NC[C@H]1CCCO1)c1coc(CN(Cc2ccc3c(c2)OCO3)Cc2ccccc2F)n1. The van der Waals surface area contributed by atoms with E-state index in [2.05, 4.69) is 10.3 Å². The number of fused-ring (bicyclic) bond motifs is 1. The molecule has 3 aromatic rings. The van der Waals surface area contributed by atoms with Gasteiger partial charge in [-0.05, 0) is 36.6 Å². The Labute approximate surface area is 196 Å². The number of oxazole rings is 1. The standard InChI is InChI=1S/C25H26FN3O5/c26-20-6-2-1-4-18(20)13-29(12-17-7-8-22-23(10-17)34-16-33-22)14-24-28-21(15-32-24)25(30)27-11-19-5-3-9-31-19/h1-2,4,6-8,10,15,19H,3,5,9,11-14,16H2,(H,27,30)/t19-/m1/s1. The van der Waals surface area contributed by atoms with E-state index in [1.54, 1.807) is 18.2 Å². The molecule has 8 nitrogen and oxygen atoms in total. The molecule has 2 aromatic carbocycles. The number of benzene rings is 2. The van der Waals surface area contributed by atoms with Gasteiger partial charge in [0.2, 0.25) is 12.7 Å². The van der Waals surface area contributed by atoms with Gasteiger partial charge in [0.15, 0.2) is 17.2 Å². The van der Waals surface area contributed by atoms with Crippen LogP contribution in [-0.2, 0) is 24.4 Å². The second-order valence-electron chi connectivity index (χ2n) is 8.40. The van der Waals surface area contributed by atoms with E-state index < -0.39 is 0 Å². The van der Waals surface area contributed by atoms with Crippen molar-refractivity contribution in [3.05, 3.63) is 77.3 Å². The maximum atomic E-state index is 14.4.